The quantitative estimate of drug-likeness (QED) is 0.0485. The molecule has 0 spiro atoms. The third kappa shape index (κ3) is 7.04. The fourth-order valence-electron chi connectivity index (χ4n) is 10.3. The molecule has 0 radical (unpaired) electrons. The molecule has 2 aliphatic heterocycles. The van der Waals surface area contributed by atoms with Crippen molar-refractivity contribution in [3.8, 4) is 33.6 Å². The number of likely N-dealkylation sites (tertiary alicyclic amines) is 2. The lowest BCUT2D eigenvalue weighted by Gasteiger charge is -2.30. The first-order chi connectivity index (χ1) is 30.9. The number of carbonyl (C=O) groups is 3. The maximum absolute atomic E-state index is 14.2. The van der Waals surface area contributed by atoms with Gasteiger partial charge in [0, 0.05) is 12.1 Å². The first kappa shape index (κ1) is 38.8. The summed E-state index contributed by atoms with van der Waals surface area (Å²) in [5, 5.41) is 2.77. The molecule has 0 bridgehead atoms. The molecule has 3 amide bonds. The van der Waals surface area contributed by atoms with E-state index in [4.69, 9.17) is 24.5 Å². The second kappa shape index (κ2) is 15.7. The number of aliphatic imine (C=N–C) groups is 1. The maximum Gasteiger partial charge on any atom is 0.407 e. The minimum absolute atomic E-state index is 0.0832. The Labute approximate surface area is 363 Å². The summed E-state index contributed by atoms with van der Waals surface area (Å²) in [5.41, 5.74) is 10.2. The van der Waals surface area contributed by atoms with Gasteiger partial charge in [0.1, 0.15) is 17.7 Å². The number of nitrogens with one attached hydrogen (secondary N) is 3. The number of methoxy groups -OCH3 is 1. The lowest BCUT2D eigenvalue weighted by Crippen LogP contribution is -2.44. The second-order valence-corrected chi connectivity index (χ2v) is 17.2. The van der Waals surface area contributed by atoms with Gasteiger partial charge in [0.05, 0.1) is 50.1 Å². The lowest BCUT2D eigenvalue weighted by atomic mass is 10.0. The summed E-state index contributed by atoms with van der Waals surface area (Å²) in [6.45, 7) is 0. The van der Waals surface area contributed by atoms with E-state index < -0.39 is 18.2 Å². The molecule has 4 heterocycles. The number of ether oxygens (including phenoxy) is 1. The molecule has 3 N–H and O–H groups in total. The van der Waals surface area contributed by atoms with Crippen LogP contribution in [0, 0.1) is 11.8 Å². The van der Waals surface area contributed by atoms with E-state index in [0.717, 1.165) is 71.8 Å². The zero-order valence-electron chi connectivity index (χ0n) is 34.8. The molecular weight excluding hydrogens is 797 g/mol. The number of aromatic amines is 2. The summed E-state index contributed by atoms with van der Waals surface area (Å²) in [5.74, 6) is 2.12. The van der Waals surface area contributed by atoms with Crippen LogP contribution in [0.25, 0.3) is 33.6 Å². The average Bonchev–Trinajstić information content (AvgIpc) is 3.79. The number of alkyl carbamates (subject to hydrolysis) is 1. The number of fused-ring (bicyclic) bond motifs is 5. The standard InChI is InChI=1S/C49H46N8O6/c1-61-49(60)55-44(28-11-7-4-8-12-28)48(59)57-40-21-34(40)23-42(57)46-51-25-38(54-46)30-14-16-36-32(18-30)19-31-17-29(13-15-35(31)36)37-24-50-45(53-37)41-22-33-20-39(33)56(41)47(58)43(52-26-63-62-2)27-9-5-3-6-10-27/h3-18,24-26,33-34,39-44H,19-23H2,1-2H3,(H,50,53)(H,51,54)(H,55,60)/t33-,34-,39-,40-,41-,42-,43-,44+/m0/s1. The van der Waals surface area contributed by atoms with Gasteiger partial charge < -0.3 is 34.7 Å². The Morgan fingerprint density at radius 3 is 1.79 bits per heavy atom. The molecule has 318 valence electrons. The van der Waals surface area contributed by atoms with Crippen molar-refractivity contribution < 1.29 is 28.9 Å². The van der Waals surface area contributed by atoms with Gasteiger partial charge in [-0.25, -0.2) is 19.8 Å². The smallest absolute Gasteiger partial charge is 0.407 e. The molecule has 11 rings (SSSR count). The van der Waals surface area contributed by atoms with Crippen LogP contribution >= 0.6 is 0 Å². The van der Waals surface area contributed by atoms with Gasteiger partial charge >= 0.3 is 6.09 Å². The summed E-state index contributed by atoms with van der Waals surface area (Å²) in [4.78, 5) is 75.7. The highest BCUT2D eigenvalue weighted by molar-refractivity contribution is 5.88. The molecule has 2 saturated heterocycles. The Morgan fingerprint density at radius 1 is 0.714 bits per heavy atom. The summed E-state index contributed by atoms with van der Waals surface area (Å²) >= 11 is 0. The van der Waals surface area contributed by atoms with Gasteiger partial charge in [-0.1, -0.05) is 84.9 Å². The van der Waals surface area contributed by atoms with Crippen LogP contribution in [-0.2, 0) is 30.5 Å². The summed E-state index contributed by atoms with van der Waals surface area (Å²) < 4.78 is 4.89. The molecule has 4 fully saturated rings. The van der Waals surface area contributed by atoms with Gasteiger partial charge in [-0.2, -0.15) is 4.89 Å². The number of nitrogens with zero attached hydrogens (tertiary/aromatic N) is 5. The van der Waals surface area contributed by atoms with Crippen molar-refractivity contribution in [1.82, 2.24) is 35.1 Å². The second-order valence-electron chi connectivity index (χ2n) is 17.2. The van der Waals surface area contributed by atoms with E-state index in [1.807, 2.05) is 82.9 Å². The normalized spacial score (nSPS) is 23.4. The van der Waals surface area contributed by atoms with Crippen LogP contribution in [0.1, 0.15) is 83.8 Å². The lowest BCUT2D eigenvalue weighted by molar-refractivity contribution is -0.188. The number of imidazole rings is 2. The third-order valence-electron chi connectivity index (χ3n) is 13.6. The molecule has 63 heavy (non-hydrogen) atoms. The van der Waals surface area contributed by atoms with Crippen molar-refractivity contribution >= 4 is 24.3 Å². The van der Waals surface area contributed by atoms with Crippen molar-refractivity contribution in [2.75, 3.05) is 14.2 Å². The molecule has 4 aromatic carbocycles. The van der Waals surface area contributed by atoms with Gasteiger partial charge in [0.25, 0.3) is 11.8 Å². The first-order valence-corrected chi connectivity index (χ1v) is 21.5. The van der Waals surface area contributed by atoms with Gasteiger partial charge in [-0.05, 0) is 101 Å². The van der Waals surface area contributed by atoms with E-state index in [1.165, 1.54) is 42.9 Å². The molecule has 8 atom stereocenters. The molecule has 2 aromatic heterocycles. The van der Waals surface area contributed by atoms with E-state index in [2.05, 4.69) is 56.7 Å². The van der Waals surface area contributed by atoms with Gasteiger partial charge in [0.15, 0.2) is 6.04 Å². The van der Waals surface area contributed by atoms with Crippen molar-refractivity contribution in [3.05, 3.63) is 143 Å². The van der Waals surface area contributed by atoms with Crippen molar-refractivity contribution in [3.63, 3.8) is 0 Å². The average molecular weight is 843 g/mol. The predicted octanol–water partition coefficient (Wildman–Crippen LogP) is 7.81. The highest BCUT2D eigenvalue weighted by Crippen LogP contribution is 2.55. The molecule has 5 aliphatic rings. The first-order valence-electron chi connectivity index (χ1n) is 21.5. The van der Waals surface area contributed by atoms with Crippen LogP contribution in [0.4, 0.5) is 4.79 Å². The largest absolute Gasteiger partial charge is 0.453 e. The molecule has 14 heteroatoms. The van der Waals surface area contributed by atoms with Crippen LogP contribution in [0.3, 0.4) is 0 Å². The minimum atomic E-state index is -0.871. The zero-order valence-corrected chi connectivity index (χ0v) is 34.8. The van der Waals surface area contributed by atoms with E-state index in [1.54, 1.807) is 0 Å². The van der Waals surface area contributed by atoms with Gasteiger partial charge in [-0.3, -0.25) is 9.59 Å². The zero-order chi connectivity index (χ0) is 42.8. The number of carbonyl (C=O) groups excluding carboxylic acids is 3. The van der Waals surface area contributed by atoms with Crippen LogP contribution in [0.15, 0.2) is 114 Å². The van der Waals surface area contributed by atoms with Crippen molar-refractivity contribution in [2.45, 2.75) is 68.4 Å². The van der Waals surface area contributed by atoms with E-state index in [0.29, 0.717) is 17.4 Å². The Balaban J connectivity index is 0.800. The Hall–Kier alpha value is -7.06. The summed E-state index contributed by atoms with van der Waals surface area (Å²) in [6, 6.07) is 30.1. The number of H-pyrrole nitrogens is 2. The monoisotopic (exact) mass is 842 g/mol. The maximum atomic E-state index is 14.2. The van der Waals surface area contributed by atoms with Crippen LogP contribution in [0.5, 0.6) is 0 Å². The number of hydrogen-bond acceptors (Lipinski definition) is 9. The molecule has 3 aliphatic carbocycles. The van der Waals surface area contributed by atoms with Crippen molar-refractivity contribution in [2.24, 2.45) is 16.8 Å². The highest BCUT2D eigenvalue weighted by Gasteiger charge is 2.57. The molecular formula is C49H46N8O6. The summed E-state index contributed by atoms with van der Waals surface area (Å²) in [6.07, 6.45) is 8.64. The minimum Gasteiger partial charge on any atom is -0.453 e. The number of aromatic nitrogens is 4. The van der Waals surface area contributed by atoms with E-state index >= 15 is 0 Å². The molecule has 2 saturated carbocycles. The third-order valence-corrected chi connectivity index (χ3v) is 13.6. The van der Waals surface area contributed by atoms with Crippen LogP contribution in [0.2, 0.25) is 0 Å². The number of rotatable bonds is 12. The van der Waals surface area contributed by atoms with Crippen LogP contribution in [-0.4, -0.2) is 80.3 Å². The number of benzene rings is 4. The number of hydrogen-bond donors (Lipinski definition) is 3. The Kier molecular flexibility index (Phi) is 9.67. The number of piperidine rings is 2. The fraction of sp³-hybridized carbons (Fsp3) is 0.306. The summed E-state index contributed by atoms with van der Waals surface area (Å²) in [7, 11) is 2.70. The predicted molar refractivity (Wildman–Crippen MR) is 233 cm³/mol. The SMILES string of the molecule is COOC=N[C@H](C(=O)N1[C@H](c2ncc(-c3ccc4c(c3)Cc3cc(-c5cnc([C@@H]6C[C@@H]7C[C@@H]7N6C(=O)[C@H](NC(=O)OC)c6ccccc6)[nH]5)ccc3-4)[nH]2)C[C@@H]2C[C@@H]21)c1ccccc1. The fourth-order valence-corrected chi connectivity index (χ4v) is 10.3. The van der Waals surface area contributed by atoms with E-state index in [-0.39, 0.29) is 36.0 Å². The van der Waals surface area contributed by atoms with Crippen LogP contribution < -0.4 is 5.32 Å². The van der Waals surface area contributed by atoms with Crippen molar-refractivity contribution in [1.29, 1.82) is 0 Å². The van der Waals surface area contributed by atoms with Gasteiger partial charge in [0.2, 0.25) is 6.40 Å². The Bertz CT molecular complexity index is 2750. The molecule has 14 nitrogen and oxygen atoms in total. The molecule has 6 aromatic rings. The number of amides is 3. The van der Waals surface area contributed by atoms with E-state index in [9.17, 15) is 14.4 Å². The molecule has 0 unspecified atom stereocenters. The Morgan fingerprint density at radius 2 is 1.25 bits per heavy atom. The highest BCUT2D eigenvalue weighted by atomic mass is 17.2. The van der Waals surface area contributed by atoms with Gasteiger partial charge in [-0.15, -0.1) is 0 Å². The topological polar surface area (TPSA) is 167 Å².